The van der Waals surface area contributed by atoms with Crippen LogP contribution in [-0.2, 0) is 10.8 Å². The van der Waals surface area contributed by atoms with E-state index < -0.39 is 10.8 Å². The van der Waals surface area contributed by atoms with E-state index in [1.807, 2.05) is 17.0 Å². The SMILES string of the molecule is COc1ccc([C@H]2CCCCCN2C(=O)c2ccc([S@](C)=O)cc2)cc1. The van der Waals surface area contributed by atoms with Crippen molar-refractivity contribution in [3.63, 3.8) is 0 Å². The summed E-state index contributed by atoms with van der Waals surface area (Å²) in [7, 11) is 0.622. The highest BCUT2D eigenvalue weighted by Crippen LogP contribution is 2.32. The van der Waals surface area contributed by atoms with Gasteiger partial charge in [0.25, 0.3) is 5.91 Å². The molecule has 3 rings (SSSR count). The molecule has 1 amide bonds. The van der Waals surface area contributed by atoms with E-state index in [1.165, 1.54) is 0 Å². The van der Waals surface area contributed by atoms with Crippen LogP contribution in [0.1, 0.15) is 47.6 Å². The van der Waals surface area contributed by atoms with Crippen molar-refractivity contribution in [3.05, 3.63) is 59.7 Å². The normalized spacial score (nSPS) is 18.8. The second-order valence-corrected chi connectivity index (χ2v) is 7.99. The summed E-state index contributed by atoms with van der Waals surface area (Å²) in [6, 6.07) is 15.2. The number of rotatable bonds is 4. The largest absolute Gasteiger partial charge is 0.497 e. The number of hydrogen-bond acceptors (Lipinski definition) is 3. The fraction of sp³-hybridized carbons (Fsp3) is 0.381. The molecule has 0 N–H and O–H groups in total. The second-order valence-electron chi connectivity index (χ2n) is 6.62. The Morgan fingerprint density at radius 2 is 1.73 bits per heavy atom. The van der Waals surface area contributed by atoms with Gasteiger partial charge in [0.2, 0.25) is 0 Å². The number of hydrogen-bond donors (Lipinski definition) is 0. The van der Waals surface area contributed by atoms with Crippen molar-refractivity contribution in [1.29, 1.82) is 0 Å². The van der Waals surface area contributed by atoms with Crippen molar-refractivity contribution in [3.8, 4) is 5.75 Å². The van der Waals surface area contributed by atoms with Crippen LogP contribution < -0.4 is 4.74 Å². The molecule has 2 aromatic carbocycles. The lowest BCUT2D eigenvalue weighted by Gasteiger charge is -2.31. The Kier molecular flexibility index (Phi) is 6.09. The molecule has 0 spiro atoms. The van der Waals surface area contributed by atoms with Gasteiger partial charge < -0.3 is 9.64 Å². The molecular weight excluding hydrogens is 346 g/mol. The van der Waals surface area contributed by atoms with Crippen LogP contribution >= 0.6 is 0 Å². The highest BCUT2D eigenvalue weighted by atomic mass is 32.2. The van der Waals surface area contributed by atoms with E-state index in [9.17, 15) is 9.00 Å². The zero-order chi connectivity index (χ0) is 18.5. The first-order valence-electron chi connectivity index (χ1n) is 8.98. The van der Waals surface area contributed by atoms with E-state index in [0.29, 0.717) is 5.56 Å². The summed E-state index contributed by atoms with van der Waals surface area (Å²) in [4.78, 5) is 15.9. The number of methoxy groups -OCH3 is 1. The average Bonchev–Trinajstić information content (AvgIpc) is 2.93. The minimum absolute atomic E-state index is 0.0427. The molecule has 1 fully saturated rings. The van der Waals surface area contributed by atoms with Crippen molar-refractivity contribution in [2.75, 3.05) is 19.9 Å². The van der Waals surface area contributed by atoms with Gasteiger partial charge in [0, 0.05) is 34.1 Å². The van der Waals surface area contributed by atoms with E-state index in [1.54, 1.807) is 37.6 Å². The zero-order valence-electron chi connectivity index (χ0n) is 15.3. The molecule has 0 aromatic heterocycles. The minimum atomic E-state index is -1.03. The molecule has 0 aliphatic carbocycles. The molecule has 0 unspecified atom stereocenters. The molecule has 1 aliphatic rings. The maximum absolute atomic E-state index is 13.2. The number of carbonyl (C=O) groups excluding carboxylic acids is 1. The lowest BCUT2D eigenvalue weighted by atomic mass is 10.00. The van der Waals surface area contributed by atoms with Gasteiger partial charge in [-0.1, -0.05) is 25.0 Å². The summed E-state index contributed by atoms with van der Waals surface area (Å²) in [5.74, 6) is 0.865. The Bertz CT molecular complexity index is 771. The van der Waals surface area contributed by atoms with Crippen LogP contribution in [0, 0.1) is 0 Å². The van der Waals surface area contributed by atoms with Crippen LogP contribution in [0.3, 0.4) is 0 Å². The Labute approximate surface area is 157 Å². The molecule has 5 heteroatoms. The van der Waals surface area contributed by atoms with Crippen molar-refractivity contribution in [1.82, 2.24) is 4.90 Å². The van der Waals surface area contributed by atoms with Crippen molar-refractivity contribution in [2.45, 2.75) is 36.6 Å². The maximum Gasteiger partial charge on any atom is 0.254 e. The summed E-state index contributed by atoms with van der Waals surface area (Å²) in [5, 5.41) is 0. The zero-order valence-corrected chi connectivity index (χ0v) is 16.1. The van der Waals surface area contributed by atoms with Gasteiger partial charge in [-0.25, -0.2) is 0 Å². The minimum Gasteiger partial charge on any atom is -0.497 e. The van der Waals surface area contributed by atoms with Crippen LogP contribution in [0.25, 0.3) is 0 Å². The number of amides is 1. The molecule has 0 saturated carbocycles. The summed E-state index contributed by atoms with van der Waals surface area (Å²) < 4.78 is 16.8. The van der Waals surface area contributed by atoms with Gasteiger partial charge in [-0.05, 0) is 54.8 Å². The Morgan fingerprint density at radius 1 is 1.04 bits per heavy atom. The maximum atomic E-state index is 13.2. The first kappa shape index (κ1) is 18.6. The van der Waals surface area contributed by atoms with E-state index in [4.69, 9.17) is 4.74 Å². The third-order valence-electron chi connectivity index (χ3n) is 4.95. The summed E-state index contributed by atoms with van der Waals surface area (Å²) in [6.45, 7) is 0.761. The molecule has 2 aromatic rings. The molecule has 0 bridgehead atoms. The standard InChI is InChI=1S/C21H25NO3S/c1-25-18-11-7-16(8-12-18)20-6-4-3-5-15-22(20)21(23)17-9-13-19(14-10-17)26(2)24/h7-14,20H,3-6,15H2,1-2H3/t20-,26+/m1/s1. The van der Waals surface area contributed by atoms with Gasteiger partial charge in [0.15, 0.2) is 0 Å². The molecular formula is C21H25NO3S. The van der Waals surface area contributed by atoms with Gasteiger partial charge in [-0.3, -0.25) is 9.00 Å². The summed E-state index contributed by atoms with van der Waals surface area (Å²) >= 11 is 0. The predicted molar refractivity (Wildman–Crippen MR) is 104 cm³/mol. The topological polar surface area (TPSA) is 46.6 Å². The molecule has 1 heterocycles. The predicted octanol–water partition coefficient (Wildman–Crippen LogP) is 4.19. The third kappa shape index (κ3) is 4.15. The first-order chi connectivity index (χ1) is 12.6. The number of benzene rings is 2. The van der Waals surface area contributed by atoms with Crippen molar-refractivity contribution >= 4 is 16.7 Å². The number of ether oxygens (including phenoxy) is 1. The number of likely N-dealkylation sites (tertiary alicyclic amines) is 1. The smallest absolute Gasteiger partial charge is 0.254 e. The van der Waals surface area contributed by atoms with Crippen LogP contribution in [0.2, 0.25) is 0 Å². The Balaban J connectivity index is 1.87. The molecule has 1 saturated heterocycles. The van der Waals surface area contributed by atoms with E-state index in [-0.39, 0.29) is 11.9 Å². The van der Waals surface area contributed by atoms with Crippen molar-refractivity contribution in [2.24, 2.45) is 0 Å². The first-order valence-corrected chi connectivity index (χ1v) is 10.5. The Morgan fingerprint density at radius 3 is 2.35 bits per heavy atom. The monoisotopic (exact) mass is 371 g/mol. The highest BCUT2D eigenvalue weighted by molar-refractivity contribution is 7.84. The molecule has 4 nitrogen and oxygen atoms in total. The van der Waals surface area contributed by atoms with Crippen LogP contribution in [0.4, 0.5) is 0 Å². The van der Waals surface area contributed by atoms with Gasteiger partial charge in [-0.2, -0.15) is 0 Å². The summed E-state index contributed by atoms with van der Waals surface area (Å²) in [6.07, 6.45) is 5.90. The molecule has 1 aliphatic heterocycles. The Hall–Kier alpha value is -2.14. The molecule has 138 valence electrons. The average molecular weight is 372 g/mol. The van der Waals surface area contributed by atoms with E-state index in [2.05, 4.69) is 12.1 Å². The van der Waals surface area contributed by atoms with Crippen molar-refractivity contribution < 1.29 is 13.7 Å². The van der Waals surface area contributed by atoms with Gasteiger partial charge in [0.05, 0.1) is 13.2 Å². The van der Waals surface area contributed by atoms with Gasteiger partial charge in [-0.15, -0.1) is 0 Å². The second kappa shape index (κ2) is 8.49. The lowest BCUT2D eigenvalue weighted by Crippen LogP contribution is -2.34. The quantitative estimate of drug-likeness (QED) is 0.810. The lowest BCUT2D eigenvalue weighted by molar-refractivity contribution is 0.0681. The van der Waals surface area contributed by atoms with E-state index in [0.717, 1.165) is 48.4 Å². The fourth-order valence-corrected chi connectivity index (χ4v) is 4.00. The van der Waals surface area contributed by atoms with Gasteiger partial charge in [0.1, 0.15) is 5.75 Å². The number of carbonyl (C=O) groups is 1. The molecule has 0 radical (unpaired) electrons. The highest BCUT2D eigenvalue weighted by Gasteiger charge is 2.27. The third-order valence-corrected chi connectivity index (χ3v) is 5.88. The van der Waals surface area contributed by atoms with Crippen LogP contribution in [0.15, 0.2) is 53.4 Å². The summed E-state index contributed by atoms with van der Waals surface area (Å²) in [5.41, 5.74) is 1.80. The molecule has 2 atom stereocenters. The molecule has 26 heavy (non-hydrogen) atoms. The fourth-order valence-electron chi connectivity index (χ4n) is 3.48. The van der Waals surface area contributed by atoms with E-state index >= 15 is 0 Å². The number of nitrogens with zero attached hydrogens (tertiary/aromatic N) is 1. The van der Waals surface area contributed by atoms with Crippen LogP contribution in [0.5, 0.6) is 5.75 Å². The van der Waals surface area contributed by atoms with Gasteiger partial charge >= 0.3 is 0 Å². The van der Waals surface area contributed by atoms with Crippen LogP contribution in [-0.4, -0.2) is 34.9 Å².